The number of hydrogen-bond acceptors (Lipinski definition) is 5. The first-order chi connectivity index (χ1) is 7.95. The Balaban J connectivity index is 2.40. The number of nitrogens with zero attached hydrogens (tertiary/aromatic N) is 1. The lowest BCUT2D eigenvalue weighted by molar-refractivity contribution is -0.140. The standard InChI is InChI=1S/C10H17NO5S/c1-16-10(13)3-2-8-17(14,15)11-6-4-9(12)5-7-11/h2-8H2,1H3. The van der Waals surface area contributed by atoms with Crippen molar-refractivity contribution in [2.45, 2.75) is 25.7 Å². The van der Waals surface area contributed by atoms with Crippen LogP contribution in [0.3, 0.4) is 0 Å². The Bertz CT molecular complexity index is 380. The van der Waals surface area contributed by atoms with E-state index in [1.54, 1.807) is 0 Å². The lowest BCUT2D eigenvalue weighted by Gasteiger charge is -2.25. The van der Waals surface area contributed by atoms with Crippen molar-refractivity contribution in [1.29, 1.82) is 0 Å². The van der Waals surface area contributed by atoms with Crippen molar-refractivity contribution in [2.75, 3.05) is 26.0 Å². The Morgan fingerprint density at radius 1 is 1.35 bits per heavy atom. The van der Waals surface area contributed by atoms with Crippen LogP contribution in [-0.4, -0.2) is 50.4 Å². The molecule has 0 aliphatic carbocycles. The molecule has 0 atom stereocenters. The van der Waals surface area contributed by atoms with Crippen molar-refractivity contribution >= 4 is 21.8 Å². The van der Waals surface area contributed by atoms with Gasteiger partial charge in [0.1, 0.15) is 5.78 Å². The van der Waals surface area contributed by atoms with Gasteiger partial charge >= 0.3 is 5.97 Å². The molecule has 0 amide bonds. The molecule has 0 spiro atoms. The minimum Gasteiger partial charge on any atom is -0.469 e. The van der Waals surface area contributed by atoms with E-state index in [0.29, 0.717) is 0 Å². The molecule has 17 heavy (non-hydrogen) atoms. The van der Waals surface area contributed by atoms with Crippen LogP contribution in [0.25, 0.3) is 0 Å². The highest BCUT2D eigenvalue weighted by atomic mass is 32.2. The molecule has 1 aliphatic rings. The summed E-state index contributed by atoms with van der Waals surface area (Å²) >= 11 is 0. The Morgan fingerprint density at radius 2 is 1.94 bits per heavy atom. The average Bonchev–Trinajstić information content (AvgIpc) is 2.29. The van der Waals surface area contributed by atoms with Gasteiger partial charge in [0.25, 0.3) is 0 Å². The first kappa shape index (κ1) is 14.1. The molecule has 1 rings (SSSR count). The fraction of sp³-hybridized carbons (Fsp3) is 0.800. The largest absolute Gasteiger partial charge is 0.469 e. The van der Waals surface area contributed by atoms with Gasteiger partial charge in [0.15, 0.2) is 0 Å². The van der Waals surface area contributed by atoms with E-state index in [4.69, 9.17) is 0 Å². The number of carbonyl (C=O) groups excluding carboxylic acids is 2. The summed E-state index contributed by atoms with van der Waals surface area (Å²) in [6, 6.07) is 0. The predicted octanol–water partition coefficient (Wildman–Crippen LogP) is -0.0657. The van der Waals surface area contributed by atoms with Crippen molar-refractivity contribution < 1.29 is 22.7 Å². The molecule has 0 bridgehead atoms. The number of sulfonamides is 1. The molecule has 0 radical (unpaired) electrons. The van der Waals surface area contributed by atoms with E-state index in [-0.39, 0.29) is 50.3 Å². The number of hydrogen-bond donors (Lipinski definition) is 0. The SMILES string of the molecule is COC(=O)CCCS(=O)(=O)N1CCC(=O)CC1. The van der Waals surface area contributed by atoms with E-state index in [1.807, 2.05) is 0 Å². The highest BCUT2D eigenvalue weighted by Crippen LogP contribution is 2.12. The van der Waals surface area contributed by atoms with E-state index in [0.717, 1.165) is 0 Å². The summed E-state index contributed by atoms with van der Waals surface area (Å²) in [5.74, 6) is -0.379. The Morgan fingerprint density at radius 3 is 2.47 bits per heavy atom. The summed E-state index contributed by atoms with van der Waals surface area (Å²) in [4.78, 5) is 21.8. The maximum Gasteiger partial charge on any atom is 0.305 e. The summed E-state index contributed by atoms with van der Waals surface area (Å²) in [6.45, 7) is 0.527. The van der Waals surface area contributed by atoms with Crippen LogP contribution in [0, 0.1) is 0 Å². The topological polar surface area (TPSA) is 80.8 Å². The zero-order valence-electron chi connectivity index (χ0n) is 9.85. The fourth-order valence-electron chi connectivity index (χ4n) is 1.64. The lowest BCUT2D eigenvalue weighted by atomic mass is 10.1. The second kappa shape index (κ2) is 6.11. The van der Waals surface area contributed by atoms with E-state index in [2.05, 4.69) is 4.74 Å². The molecule has 7 heteroatoms. The molecule has 6 nitrogen and oxygen atoms in total. The second-order valence-corrected chi connectivity index (χ2v) is 6.02. The zero-order valence-corrected chi connectivity index (χ0v) is 10.7. The monoisotopic (exact) mass is 263 g/mol. The van der Waals surface area contributed by atoms with Crippen LogP contribution in [0.2, 0.25) is 0 Å². The van der Waals surface area contributed by atoms with Gasteiger partial charge in [-0.05, 0) is 6.42 Å². The average molecular weight is 263 g/mol. The molecule has 1 saturated heterocycles. The highest BCUT2D eigenvalue weighted by molar-refractivity contribution is 7.89. The van der Waals surface area contributed by atoms with Gasteiger partial charge in [-0.15, -0.1) is 0 Å². The van der Waals surface area contributed by atoms with Crippen LogP contribution in [-0.2, 0) is 24.3 Å². The van der Waals surface area contributed by atoms with Crippen molar-refractivity contribution in [2.24, 2.45) is 0 Å². The van der Waals surface area contributed by atoms with Gasteiger partial charge in [0.2, 0.25) is 10.0 Å². The molecule has 98 valence electrons. The molecule has 0 unspecified atom stereocenters. The molecule has 1 fully saturated rings. The van der Waals surface area contributed by atoms with Crippen molar-refractivity contribution in [3.05, 3.63) is 0 Å². The number of piperidine rings is 1. The number of esters is 1. The Labute approximate surface area is 101 Å². The molecular formula is C10H17NO5S. The van der Waals surface area contributed by atoms with E-state index in [1.165, 1.54) is 11.4 Å². The summed E-state index contributed by atoms with van der Waals surface area (Å²) < 4.78 is 29.4. The Kier molecular flexibility index (Phi) is 5.07. The maximum atomic E-state index is 11.8. The minimum atomic E-state index is -3.34. The first-order valence-electron chi connectivity index (χ1n) is 5.52. The summed E-state index contributed by atoms with van der Waals surface area (Å²) in [7, 11) is -2.07. The molecule has 0 aromatic heterocycles. The van der Waals surface area contributed by atoms with Crippen LogP contribution in [0.4, 0.5) is 0 Å². The normalized spacial score (nSPS) is 18.1. The summed E-state index contributed by atoms with van der Waals surface area (Å²) in [5, 5.41) is 0. The number of Topliss-reactive ketones (excluding diaryl/α,β-unsaturated/α-hetero) is 1. The van der Waals surface area contributed by atoms with Gasteiger partial charge in [-0.2, -0.15) is 0 Å². The fourth-order valence-corrected chi connectivity index (χ4v) is 3.15. The number of rotatable bonds is 5. The van der Waals surface area contributed by atoms with Crippen molar-refractivity contribution in [3.8, 4) is 0 Å². The molecule has 1 aliphatic heterocycles. The molecule has 0 saturated carbocycles. The van der Waals surface area contributed by atoms with Gasteiger partial charge in [-0.25, -0.2) is 12.7 Å². The summed E-state index contributed by atoms with van der Waals surface area (Å²) in [5.41, 5.74) is 0. The van der Waals surface area contributed by atoms with Gasteiger partial charge in [-0.3, -0.25) is 9.59 Å². The van der Waals surface area contributed by atoms with E-state index < -0.39 is 16.0 Å². The first-order valence-corrected chi connectivity index (χ1v) is 7.13. The predicted molar refractivity (Wildman–Crippen MR) is 60.9 cm³/mol. The van der Waals surface area contributed by atoms with Gasteiger partial charge in [0.05, 0.1) is 12.9 Å². The molecular weight excluding hydrogens is 246 g/mol. The van der Waals surface area contributed by atoms with E-state index >= 15 is 0 Å². The molecule has 0 N–H and O–H groups in total. The van der Waals surface area contributed by atoms with Gasteiger partial charge in [-0.1, -0.05) is 0 Å². The van der Waals surface area contributed by atoms with Crippen LogP contribution < -0.4 is 0 Å². The smallest absolute Gasteiger partial charge is 0.305 e. The van der Waals surface area contributed by atoms with Gasteiger partial charge in [0, 0.05) is 32.4 Å². The van der Waals surface area contributed by atoms with Crippen LogP contribution in [0.15, 0.2) is 0 Å². The van der Waals surface area contributed by atoms with E-state index in [9.17, 15) is 18.0 Å². The van der Waals surface area contributed by atoms with Crippen LogP contribution in [0.1, 0.15) is 25.7 Å². The maximum absolute atomic E-state index is 11.8. The third kappa shape index (κ3) is 4.43. The molecule has 0 aromatic carbocycles. The zero-order chi connectivity index (χ0) is 12.9. The van der Waals surface area contributed by atoms with Crippen molar-refractivity contribution in [3.63, 3.8) is 0 Å². The molecule has 0 aromatic rings. The summed E-state index contributed by atoms with van der Waals surface area (Å²) in [6.07, 6.45) is 0.925. The number of ketones is 1. The number of methoxy groups -OCH3 is 1. The van der Waals surface area contributed by atoms with Gasteiger partial charge < -0.3 is 4.74 Å². The third-order valence-electron chi connectivity index (χ3n) is 2.68. The van der Waals surface area contributed by atoms with Crippen LogP contribution in [0.5, 0.6) is 0 Å². The third-order valence-corrected chi connectivity index (χ3v) is 4.64. The Hall–Kier alpha value is -0.950. The number of carbonyl (C=O) groups is 2. The second-order valence-electron chi connectivity index (χ2n) is 3.93. The number of ether oxygens (including phenoxy) is 1. The lowest BCUT2D eigenvalue weighted by Crippen LogP contribution is -2.39. The molecule has 1 heterocycles. The van der Waals surface area contributed by atoms with Crippen LogP contribution >= 0.6 is 0 Å². The minimum absolute atomic E-state index is 0.0731. The quantitative estimate of drug-likeness (QED) is 0.649. The highest BCUT2D eigenvalue weighted by Gasteiger charge is 2.26. The van der Waals surface area contributed by atoms with Crippen molar-refractivity contribution in [1.82, 2.24) is 4.31 Å².